The van der Waals surface area contributed by atoms with Crippen LogP contribution in [0.5, 0.6) is 0 Å². The maximum Gasteiger partial charge on any atom is 0.243 e. The summed E-state index contributed by atoms with van der Waals surface area (Å²) in [4.78, 5) is 0.342. The van der Waals surface area contributed by atoms with Gasteiger partial charge in [-0.1, -0.05) is 23.7 Å². The lowest BCUT2D eigenvalue weighted by molar-refractivity contribution is 0.309. The Morgan fingerprint density at radius 1 is 0.958 bits per heavy atom. The Morgan fingerprint density at radius 3 is 2.17 bits per heavy atom. The molecule has 2 aromatic carbocycles. The molecule has 0 N–H and O–H groups in total. The minimum atomic E-state index is -3.66. The summed E-state index contributed by atoms with van der Waals surface area (Å²) >= 11 is 5.77. The van der Waals surface area contributed by atoms with E-state index in [0.717, 1.165) is 5.56 Å². The number of rotatable bonds is 4. The van der Waals surface area contributed by atoms with Gasteiger partial charge in [0, 0.05) is 18.1 Å². The molecule has 1 aliphatic rings. The second kappa shape index (κ2) is 6.15. The topological polar surface area (TPSA) is 71.5 Å². The first kappa shape index (κ1) is 17.4. The molecule has 1 fully saturated rings. The first-order valence-electron chi connectivity index (χ1n) is 7.27. The Hall–Kier alpha value is -1.41. The number of aryl methyl sites for hydroxylation is 1. The maximum absolute atomic E-state index is 12.5. The summed E-state index contributed by atoms with van der Waals surface area (Å²) < 4.78 is 51.3. The summed E-state index contributed by atoms with van der Waals surface area (Å²) in [5.41, 5.74) is 0.835. The van der Waals surface area contributed by atoms with Crippen LogP contribution in [0.1, 0.15) is 5.56 Å². The van der Waals surface area contributed by atoms with Crippen LogP contribution in [0.4, 0.5) is 0 Å². The Morgan fingerprint density at radius 2 is 1.58 bits per heavy atom. The molecule has 0 radical (unpaired) electrons. The van der Waals surface area contributed by atoms with Crippen LogP contribution in [-0.4, -0.2) is 39.5 Å². The Bertz CT molecular complexity index is 963. The van der Waals surface area contributed by atoms with Gasteiger partial charge in [-0.3, -0.25) is 0 Å². The van der Waals surface area contributed by atoms with Gasteiger partial charge < -0.3 is 0 Å². The summed E-state index contributed by atoms with van der Waals surface area (Å²) in [6, 6.07) is 12.5. The van der Waals surface area contributed by atoms with E-state index in [0.29, 0.717) is 5.02 Å². The molecular formula is C16H16ClNO4S2. The van der Waals surface area contributed by atoms with Crippen LogP contribution in [0, 0.1) is 6.92 Å². The third-order valence-corrected chi connectivity index (χ3v) is 8.21. The van der Waals surface area contributed by atoms with E-state index in [1.165, 1.54) is 34.6 Å². The van der Waals surface area contributed by atoms with Gasteiger partial charge in [0.15, 0.2) is 9.84 Å². The summed E-state index contributed by atoms with van der Waals surface area (Å²) in [7, 11) is -7.23. The van der Waals surface area contributed by atoms with Crippen molar-refractivity contribution < 1.29 is 16.8 Å². The molecule has 0 atom stereocenters. The van der Waals surface area contributed by atoms with Gasteiger partial charge in [-0.2, -0.15) is 4.31 Å². The van der Waals surface area contributed by atoms with Gasteiger partial charge in [0.25, 0.3) is 0 Å². The van der Waals surface area contributed by atoms with Gasteiger partial charge in [-0.15, -0.1) is 0 Å². The molecule has 0 amide bonds. The zero-order chi connectivity index (χ0) is 17.5. The summed E-state index contributed by atoms with van der Waals surface area (Å²) in [5, 5.41) is -0.288. The van der Waals surface area contributed by atoms with Crippen LogP contribution >= 0.6 is 11.6 Å². The number of sulfonamides is 1. The van der Waals surface area contributed by atoms with Crippen molar-refractivity contribution in [2.45, 2.75) is 22.0 Å². The third kappa shape index (κ3) is 3.09. The van der Waals surface area contributed by atoms with Gasteiger partial charge in [0.2, 0.25) is 10.0 Å². The smallest absolute Gasteiger partial charge is 0.223 e. The van der Waals surface area contributed by atoms with Crippen molar-refractivity contribution in [3.63, 3.8) is 0 Å². The van der Waals surface area contributed by atoms with E-state index in [2.05, 4.69) is 0 Å². The SMILES string of the molecule is Cc1cccc(S(=O)(=O)N2CC(S(=O)(=O)c3ccc(Cl)cc3)C2)c1. The van der Waals surface area contributed by atoms with Crippen LogP contribution in [-0.2, 0) is 19.9 Å². The fraction of sp³-hybridized carbons (Fsp3) is 0.250. The van der Waals surface area contributed by atoms with Crippen molar-refractivity contribution in [3.8, 4) is 0 Å². The summed E-state index contributed by atoms with van der Waals surface area (Å²) in [5.74, 6) is 0. The van der Waals surface area contributed by atoms with Crippen LogP contribution in [0.2, 0.25) is 5.02 Å². The van der Waals surface area contributed by atoms with E-state index < -0.39 is 25.1 Å². The highest BCUT2D eigenvalue weighted by molar-refractivity contribution is 7.92. The quantitative estimate of drug-likeness (QED) is 0.810. The molecule has 0 saturated carbocycles. The summed E-state index contributed by atoms with van der Waals surface area (Å²) in [6.07, 6.45) is 0. The predicted octanol–water partition coefficient (Wildman–Crippen LogP) is 2.50. The molecule has 0 unspecified atom stereocenters. The standard InChI is InChI=1S/C16H16ClNO4S2/c1-12-3-2-4-15(9-12)24(21,22)18-10-16(11-18)23(19,20)14-7-5-13(17)6-8-14/h2-9,16H,10-11H2,1H3. The molecule has 0 aliphatic carbocycles. The van der Waals surface area contributed by atoms with Gasteiger partial charge in [-0.25, -0.2) is 16.8 Å². The van der Waals surface area contributed by atoms with Crippen molar-refractivity contribution >= 4 is 31.5 Å². The second-order valence-corrected chi connectivity index (χ2v) is 10.4. The molecule has 0 bridgehead atoms. The highest BCUT2D eigenvalue weighted by Crippen LogP contribution is 2.29. The minimum absolute atomic E-state index is 0.0404. The highest BCUT2D eigenvalue weighted by Gasteiger charge is 2.44. The fourth-order valence-corrected chi connectivity index (χ4v) is 6.14. The molecule has 1 heterocycles. The molecule has 0 spiro atoms. The normalized spacial score (nSPS) is 16.8. The van der Waals surface area contributed by atoms with E-state index in [1.807, 2.05) is 13.0 Å². The number of hydrogen-bond donors (Lipinski definition) is 0. The molecule has 1 aliphatic heterocycles. The van der Waals surface area contributed by atoms with Crippen molar-refractivity contribution in [2.75, 3.05) is 13.1 Å². The fourth-order valence-electron chi connectivity index (χ4n) is 2.53. The number of benzene rings is 2. The Kier molecular flexibility index (Phi) is 4.46. The number of nitrogens with zero attached hydrogens (tertiary/aromatic N) is 1. The molecule has 2 aromatic rings. The van der Waals surface area contributed by atoms with Gasteiger partial charge >= 0.3 is 0 Å². The lowest BCUT2D eigenvalue weighted by atomic mass is 10.2. The number of sulfone groups is 1. The van der Waals surface area contributed by atoms with E-state index in [-0.39, 0.29) is 22.9 Å². The first-order chi connectivity index (χ1) is 11.2. The second-order valence-electron chi connectivity index (χ2n) is 5.76. The average molecular weight is 386 g/mol. The van der Waals surface area contributed by atoms with Crippen LogP contribution in [0.25, 0.3) is 0 Å². The predicted molar refractivity (Wildman–Crippen MR) is 92.4 cm³/mol. The van der Waals surface area contributed by atoms with Crippen molar-refractivity contribution in [1.82, 2.24) is 4.31 Å². The average Bonchev–Trinajstić information content (AvgIpc) is 2.45. The first-order valence-corrected chi connectivity index (χ1v) is 10.6. The molecular weight excluding hydrogens is 370 g/mol. The number of hydrogen-bond acceptors (Lipinski definition) is 4. The van der Waals surface area contributed by atoms with Crippen LogP contribution in [0.15, 0.2) is 58.3 Å². The van der Waals surface area contributed by atoms with Crippen molar-refractivity contribution in [3.05, 3.63) is 59.1 Å². The third-order valence-electron chi connectivity index (χ3n) is 4.02. The Labute approximate surface area is 146 Å². The summed E-state index contributed by atoms with van der Waals surface area (Å²) in [6.45, 7) is 1.73. The molecule has 3 rings (SSSR count). The lowest BCUT2D eigenvalue weighted by Crippen LogP contribution is -2.56. The molecule has 5 nitrogen and oxygen atoms in total. The molecule has 128 valence electrons. The van der Waals surface area contributed by atoms with E-state index in [1.54, 1.807) is 12.1 Å². The van der Waals surface area contributed by atoms with E-state index in [4.69, 9.17) is 11.6 Å². The van der Waals surface area contributed by atoms with Crippen molar-refractivity contribution in [2.24, 2.45) is 0 Å². The van der Waals surface area contributed by atoms with E-state index >= 15 is 0 Å². The highest BCUT2D eigenvalue weighted by atomic mass is 35.5. The number of halogens is 1. The Balaban J connectivity index is 1.78. The van der Waals surface area contributed by atoms with Gasteiger partial charge in [0.05, 0.1) is 15.0 Å². The monoisotopic (exact) mass is 385 g/mol. The minimum Gasteiger partial charge on any atom is -0.223 e. The molecule has 0 aromatic heterocycles. The molecule has 24 heavy (non-hydrogen) atoms. The van der Waals surface area contributed by atoms with E-state index in [9.17, 15) is 16.8 Å². The van der Waals surface area contributed by atoms with Gasteiger partial charge in [-0.05, 0) is 48.9 Å². The molecule has 8 heteroatoms. The molecule has 1 saturated heterocycles. The van der Waals surface area contributed by atoms with Gasteiger partial charge in [0.1, 0.15) is 0 Å². The van der Waals surface area contributed by atoms with Crippen LogP contribution in [0.3, 0.4) is 0 Å². The lowest BCUT2D eigenvalue weighted by Gasteiger charge is -2.37. The largest absolute Gasteiger partial charge is 0.243 e. The van der Waals surface area contributed by atoms with Crippen LogP contribution < -0.4 is 0 Å². The van der Waals surface area contributed by atoms with Crippen molar-refractivity contribution in [1.29, 1.82) is 0 Å². The zero-order valence-electron chi connectivity index (χ0n) is 12.9. The zero-order valence-corrected chi connectivity index (χ0v) is 15.3. The maximum atomic E-state index is 12.5.